The van der Waals surface area contributed by atoms with Crippen molar-refractivity contribution in [2.45, 2.75) is 25.7 Å². The highest BCUT2D eigenvalue weighted by Crippen LogP contribution is 2.08. The maximum Gasteiger partial charge on any atom is 0.227 e. The standard InChI is InChI=1S/C15H18NS/c1-2-10-16-11-5-3-4-6-15(16)8-7-14-9-12-17-13-14/h2,9,12-13H,1,3-6,10-11H2/q+1. The summed E-state index contributed by atoms with van der Waals surface area (Å²) in [5.41, 5.74) is 2.42. The smallest absolute Gasteiger partial charge is 0.223 e. The molecule has 0 amide bonds. The normalized spacial score (nSPS) is 16.0. The SMILES string of the molecule is C=CC[N+]1=C(C#Cc2ccsc2)CCCCC1. The number of nitrogens with zero attached hydrogens (tertiary/aromatic N) is 1. The lowest BCUT2D eigenvalue weighted by molar-refractivity contribution is -0.517. The summed E-state index contributed by atoms with van der Waals surface area (Å²) in [7, 11) is 0. The Balaban J connectivity index is 2.21. The van der Waals surface area contributed by atoms with Crippen LogP contribution in [0.1, 0.15) is 31.2 Å². The topological polar surface area (TPSA) is 3.01 Å². The first kappa shape index (κ1) is 12.1. The Bertz CT molecular complexity index is 457. The zero-order chi connectivity index (χ0) is 11.9. The van der Waals surface area contributed by atoms with Gasteiger partial charge >= 0.3 is 0 Å². The average Bonchev–Trinajstić information content (AvgIpc) is 2.76. The maximum absolute atomic E-state index is 3.83. The summed E-state index contributed by atoms with van der Waals surface area (Å²) in [4.78, 5) is 0. The molecule has 0 atom stereocenters. The van der Waals surface area contributed by atoms with Gasteiger partial charge in [0.25, 0.3) is 0 Å². The second-order valence-electron chi connectivity index (χ2n) is 4.25. The van der Waals surface area contributed by atoms with E-state index in [1.807, 2.05) is 6.08 Å². The number of hydrogen-bond donors (Lipinski definition) is 0. The predicted octanol–water partition coefficient (Wildman–Crippen LogP) is 3.31. The van der Waals surface area contributed by atoms with Crippen molar-refractivity contribution in [1.29, 1.82) is 0 Å². The van der Waals surface area contributed by atoms with Gasteiger partial charge < -0.3 is 0 Å². The third-order valence-electron chi connectivity index (χ3n) is 2.95. The van der Waals surface area contributed by atoms with Gasteiger partial charge in [-0.05, 0) is 30.4 Å². The number of rotatable bonds is 2. The minimum Gasteiger partial charge on any atom is -0.223 e. The Morgan fingerprint density at radius 3 is 3.06 bits per heavy atom. The molecule has 2 rings (SSSR count). The molecule has 0 spiro atoms. The highest BCUT2D eigenvalue weighted by atomic mass is 32.1. The van der Waals surface area contributed by atoms with Gasteiger partial charge in [-0.15, -0.1) is 0 Å². The highest BCUT2D eigenvalue weighted by molar-refractivity contribution is 7.08. The van der Waals surface area contributed by atoms with Gasteiger partial charge in [-0.25, -0.2) is 4.58 Å². The molecule has 1 aliphatic heterocycles. The average molecular weight is 244 g/mol. The van der Waals surface area contributed by atoms with E-state index in [2.05, 4.69) is 39.8 Å². The lowest BCUT2D eigenvalue weighted by atomic mass is 10.1. The zero-order valence-electron chi connectivity index (χ0n) is 10.1. The van der Waals surface area contributed by atoms with E-state index in [4.69, 9.17) is 0 Å². The van der Waals surface area contributed by atoms with Crippen LogP contribution < -0.4 is 0 Å². The van der Waals surface area contributed by atoms with E-state index in [1.165, 1.54) is 25.0 Å². The van der Waals surface area contributed by atoms with Crippen molar-refractivity contribution in [1.82, 2.24) is 0 Å². The zero-order valence-corrected chi connectivity index (χ0v) is 10.9. The molecule has 0 saturated heterocycles. The first-order valence-electron chi connectivity index (χ1n) is 6.16. The Hall–Kier alpha value is -1.33. The van der Waals surface area contributed by atoms with Gasteiger partial charge in [0.1, 0.15) is 6.54 Å². The molecule has 0 N–H and O–H groups in total. The van der Waals surface area contributed by atoms with Crippen LogP contribution in [0.2, 0.25) is 0 Å². The molecule has 0 unspecified atom stereocenters. The van der Waals surface area contributed by atoms with Crippen LogP contribution >= 0.6 is 11.3 Å². The summed E-state index contributed by atoms with van der Waals surface area (Å²) in [5, 5.41) is 4.17. The van der Waals surface area contributed by atoms with E-state index in [9.17, 15) is 0 Å². The van der Waals surface area contributed by atoms with Crippen molar-refractivity contribution in [2.75, 3.05) is 13.1 Å². The van der Waals surface area contributed by atoms with Gasteiger partial charge in [-0.3, -0.25) is 0 Å². The largest absolute Gasteiger partial charge is 0.227 e. The number of hydrogen-bond acceptors (Lipinski definition) is 1. The molecule has 0 aromatic carbocycles. The molecule has 0 bridgehead atoms. The molecule has 1 nitrogen and oxygen atoms in total. The molecule has 0 saturated carbocycles. The maximum atomic E-state index is 3.83. The molecular weight excluding hydrogens is 226 g/mol. The fourth-order valence-electron chi connectivity index (χ4n) is 2.04. The van der Waals surface area contributed by atoms with Gasteiger partial charge in [-0.1, -0.05) is 12.5 Å². The van der Waals surface area contributed by atoms with Crippen LogP contribution in [0.4, 0.5) is 0 Å². The number of thiophene rings is 1. The third kappa shape index (κ3) is 3.57. The Kier molecular flexibility index (Phi) is 4.58. The second kappa shape index (κ2) is 6.42. The predicted molar refractivity (Wildman–Crippen MR) is 74.9 cm³/mol. The Morgan fingerprint density at radius 2 is 2.29 bits per heavy atom. The first-order chi connectivity index (χ1) is 8.40. The fourth-order valence-corrected chi connectivity index (χ4v) is 2.63. The molecule has 17 heavy (non-hydrogen) atoms. The molecule has 1 aliphatic rings. The van der Waals surface area contributed by atoms with E-state index >= 15 is 0 Å². The van der Waals surface area contributed by atoms with E-state index < -0.39 is 0 Å². The molecular formula is C15H18NS+. The van der Waals surface area contributed by atoms with E-state index in [1.54, 1.807) is 11.3 Å². The highest BCUT2D eigenvalue weighted by Gasteiger charge is 2.14. The summed E-state index contributed by atoms with van der Waals surface area (Å²) in [6.07, 6.45) is 6.94. The van der Waals surface area contributed by atoms with E-state index in [0.717, 1.165) is 25.1 Å². The molecule has 2 heterocycles. The minimum atomic E-state index is 0.924. The summed E-state index contributed by atoms with van der Waals surface area (Å²) in [6.45, 7) is 5.88. The van der Waals surface area contributed by atoms with E-state index in [-0.39, 0.29) is 0 Å². The minimum absolute atomic E-state index is 0.924. The molecule has 2 heteroatoms. The summed E-state index contributed by atoms with van der Waals surface area (Å²) >= 11 is 1.70. The molecule has 1 aromatic heterocycles. The van der Waals surface area contributed by atoms with Gasteiger partial charge in [-0.2, -0.15) is 11.3 Å². The van der Waals surface area contributed by atoms with Crippen molar-refractivity contribution in [3.8, 4) is 11.8 Å². The van der Waals surface area contributed by atoms with Crippen molar-refractivity contribution >= 4 is 17.0 Å². The van der Waals surface area contributed by atoms with Crippen LogP contribution in [0, 0.1) is 11.8 Å². The first-order valence-corrected chi connectivity index (χ1v) is 7.10. The monoisotopic (exact) mass is 244 g/mol. The van der Waals surface area contributed by atoms with Crippen LogP contribution in [-0.2, 0) is 0 Å². The van der Waals surface area contributed by atoms with Gasteiger partial charge in [0.15, 0.2) is 6.54 Å². The van der Waals surface area contributed by atoms with Crippen LogP contribution in [0.15, 0.2) is 29.5 Å². The van der Waals surface area contributed by atoms with Crippen molar-refractivity contribution in [3.05, 3.63) is 35.0 Å². The quantitative estimate of drug-likeness (QED) is 0.426. The molecule has 88 valence electrons. The Morgan fingerprint density at radius 1 is 1.35 bits per heavy atom. The molecule has 0 aliphatic carbocycles. The van der Waals surface area contributed by atoms with Crippen LogP contribution in [-0.4, -0.2) is 23.4 Å². The third-order valence-corrected chi connectivity index (χ3v) is 3.63. The van der Waals surface area contributed by atoms with Crippen molar-refractivity contribution in [2.24, 2.45) is 0 Å². The molecule has 0 fully saturated rings. The van der Waals surface area contributed by atoms with Crippen LogP contribution in [0.3, 0.4) is 0 Å². The molecule has 0 radical (unpaired) electrons. The van der Waals surface area contributed by atoms with Crippen LogP contribution in [0.25, 0.3) is 0 Å². The Labute approximate surface area is 107 Å². The summed E-state index contributed by atoms with van der Waals surface area (Å²) in [5.74, 6) is 6.61. The lowest BCUT2D eigenvalue weighted by Crippen LogP contribution is -2.20. The summed E-state index contributed by atoms with van der Waals surface area (Å²) in [6, 6.07) is 2.08. The van der Waals surface area contributed by atoms with Crippen molar-refractivity contribution < 1.29 is 4.58 Å². The fraction of sp³-hybridized carbons (Fsp3) is 0.400. The van der Waals surface area contributed by atoms with Crippen molar-refractivity contribution in [3.63, 3.8) is 0 Å². The van der Waals surface area contributed by atoms with E-state index in [0.29, 0.717) is 0 Å². The summed E-state index contributed by atoms with van der Waals surface area (Å²) < 4.78 is 2.37. The van der Waals surface area contributed by atoms with Gasteiger partial charge in [0, 0.05) is 29.7 Å². The van der Waals surface area contributed by atoms with Crippen LogP contribution in [0.5, 0.6) is 0 Å². The molecule has 1 aromatic rings. The van der Waals surface area contributed by atoms with Gasteiger partial charge in [0.05, 0.1) is 0 Å². The van der Waals surface area contributed by atoms with Gasteiger partial charge in [0.2, 0.25) is 5.71 Å². The second-order valence-corrected chi connectivity index (χ2v) is 5.03. The lowest BCUT2D eigenvalue weighted by Gasteiger charge is -1.99.